The van der Waals surface area contributed by atoms with Crippen molar-refractivity contribution < 1.29 is 27.9 Å². The van der Waals surface area contributed by atoms with Crippen LogP contribution in [0.3, 0.4) is 0 Å². The first-order valence-electron chi connectivity index (χ1n) is 10.0. The molecule has 0 fully saturated rings. The van der Waals surface area contributed by atoms with Crippen LogP contribution in [0.25, 0.3) is 0 Å². The third-order valence-corrected chi connectivity index (χ3v) is 5.95. The Morgan fingerprint density at radius 3 is 2.21 bits per heavy atom. The molecule has 8 nitrogen and oxygen atoms in total. The number of anilines is 1. The van der Waals surface area contributed by atoms with Gasteiger partial charge in [0.2, 0.25) is 5.91 Å². The van der Waals surface area contributed by atoms with Crippen molar-refractivity contribution in [3.05, 3.63) is 89.5 Å². The molecule has 0 heterocycles. The fourth-order valence-corrected chi connectivity index (χ4v) is 3.79. The second kappa shape index (κ2) is 10.3. The molecule has 0 aromatic heterocycles. The van der Waals surface area contributed by atoms with Crippen molar-refractivity contribution in [3.63, 3.8) is 0 Å². The molecule has 0 saturated heterocycles. The molecule has 0 aliphatic carbocycles. The second-order valence-corrected chi connectivity index (χ2v) is 9.70. The van der Waals surface area contributed by atoms with Crippen LogP contribution in [0.5, 0.6) is 11.5 Å². The first kappa shape index (κ1) is 24.0. The quantitative estimate of drug-likeness (QED) is 0.438. The second-order valence-electron chi connectivity index (χ2n) is 7.53. The maximum absolute atomic E-state index is 12.2. The smallest absolute Gasteiger partial charge is 0.307 e. The summed E-state index contributed by atoms with van der Waals surface area (Å²) in [6, 6.07) is 20.4. The number of benzene rings is 3. The molecule has 0 radical (unpaired) electrons. The standard InChI is InChI=1S/C24H24N2O6S/c1-33(30,31)24(25)20-13-17(15-23(28)29)9-12-21(20)32-19-10-7-16(8-11-19)14-22(27)26-18-5-3-2-4-6-18/h2-13,24H,14-15,25H2,1H3,(H,26,27)(H,28,29). The van der Waals surface area contributed by atoms with Crippen LogP contribution in [0.4, 0.5) is 5.69 Å². The largest absolute Gasteiger partial charge is 0.481 e. The summed E-state index contributed by atoms with van der Waals surface area (Å²) in [6.45, 7) is 0. The third kappa shape index (κ3) is 6.90. The number of nitrogens with two attached hydrogens (primary N) is 1. The van der Waals surface area contributed by atoms with Gasteiger partial charge >= 0.3 is 5.97 Å². The monoisotopic (exact) mass is 468 g/mol. The first-order chi connectivity index (χ1) is 15.6. The number of amides is 1. The predicted octanol–water partition coefficient (Wildman–Crippen LogP) is 3.29. The number of ether oxygens (including phenoxy) is 1. The van der Waals surface area contributed by atoms with Crippen LogP contribution in [0.15, 0.2) is 72.8 Å². The van der Waals surface area contributed by atoms with Crippen molar-refractivity contribution in [2.75, 3.05) is 11.6 Å². The van der Waals surface area contributed by atoms with Gasteiger partial charge in [-0.3, -0.25) is 9.59 Å². The molecule has 1 amide bonds. The van der Waals surface area contributed by atoms with E-state index in [9.17, 15) is 18.0 Å². The van der Waals surface area contributed by atoms with Crippen LogP contribution in [0.2, 0.25) is 0 Å². The molecule has 3 rings (SSSR count). The van der Waals surface area contributed by atoms with E-state index in [4.69, 9.17) is 15.6 Å². The molecule has 0 bridgehead atoms. The van der Waals surface area contributed by atoms with Crippen molar-refractivity contribution in [2.24, 2.45) is 5.73 Å². The zero-order valence-corrected chi connectivity index (χ0v) is 18.7. The van der Waals surface area contributed by atoms with Crippen LogP contribution in [-0.2, 0) is 32.3 Å². The number of carboxylic acid groups (broad SMARTS) is 1. The van der Waals surface area contributed by atoms with E-state index in [1.807, 2.05) is 18.2 Å². The van der Waals surface area contributed by atoms with Crippen molar-refractivity contribution in [1.82, 2.24) is 0 Å². The van der Waals surface area contributed by atoms with Gasteiger partial charge in [0.1, 0.15) is 16.9 Å². The number of sulfone groups is 1. The van der Waals surface area contributed by atoms with Gasteiger partial charge in [0, 0.05) is 17.5 Å². The maximum atomic E-state index is 12.2. The van der Waals surface area contributed by atoms with Gasteiger partial charge in [-0.2, -0.15) is 0 Å². The Bertz CT molecular complexity index is 1240. The van der Waals surface area contributed by atoms with Gasteiger partial charge in [-0.1, -0.05) is 36.4 Å². The summed E-state index contributed by atoms with van der Waals surface area (Å²) in [4.78, 5) is 23.2. The number of carbonyl (C=O) groups excluding carboxylic acids is 1. The molecule has 3 aromatic carbocycles. The summed E-state index contributed by atoms with van der Waals surface area (Å²) in [6.07, 6.45) is 0.896. The number of hydrogen-bond acceptors (Lipinski definition) is 6. The van der Waals surface area contributed by atoms with E-state index in [0.717, 1.165) is 11.8 Å². The van der Waals surface area contributed by atoms with Gasteiger partial charge in [0.15, 0.2) is 9.84 Å². The molecule has 172 valence electrons. The van der Waals surface area contributed by atoms with E-state index >= 15 is 0 Å². The van der Waals surface area contributed by atoms with Gasteiger partial charge in [0.05, 0.1) is 12.8 Å². The number of para-hydroxylation sites is 1. The van der Waals surface area contributed by atoms with E-state index in [1.165, 1.54) is 12.1 Å². The summed E-state index contributed by atoms with van der Waals surface area (Å²) in [5.74, 6) is -0.591. The van der Waals surface area contributed by atoms with Crippen LogP contribution in [-0.4, -0.2) is 31.7 Å². The van der Waals surface area contributed by atoms with Gasteiger partial charge in [-0.15, -0.1) is 0 Å². The Morgan fingerprint density at radius 2 is 1.61 bits per heavy atom. The Balaban J connectivity index is 1.75. The molecule has 33 heavy (non-hydrogen) atoms. The average Bonchev–Trinajstić information content (AvgIpc) is 2.75. The van der Waals surface area contributed by atoms with Crippen molar-refractivity contribution in [1.29, 1.82) is 0 Å². The normalized spacial score (nSPS) is 12.1. The lowest BCUT2D eigenvalue weighted by molar-refractivity contribution is -0.136. The molecule has 1 unspecified atom stereocenters. The predicted molar refractivity (Wildman–Crippen MR) is 125 cm³/mol. The number of nitrogens with one attached hydrogen (secondary N) is 1. The molecule has 0 saturated carbocycles. The Kier molecular flexibility index (Phi) is 7.47. The Hall–Kier alpha value is -3.69. The van der Waals surface area contributed by atoms with E-state index in [-0.39, 0.29) is 30.1 Å². The van der Waals surface area contributed by atoms with Gasteiger partial charge in [-0.05, 0) is 47.5 Å². The lowest BCUT2D eigenvalue weighted by Crippen LogP contribution is -2.21. The zero-order chi connectivity index (χ0) is 24.0. The fraction of sp³-hybridized carbons (Fsp3) is 0.167. The number of carbonyl (C=O) groups is 2. The Labute approximate surface area is 191 Å². The van der Waals surface area contributed by atoms with Gasteiger partial charge in [-0.25, -0.2) is 8.42 Å². The summed E-state index contributed by atoms with van der Waals surface area (Å²) in [7, 11) is -3.66. The van der Waals surface area contributed by atoms with Gasteiger partial charge in [0.25, 0.3) is 0 Å². The van der Waals surface area contributed by atoms with Crippen LogP contribution in [0.1, 0.15) is 22.1 Å². The topological polar surface area (TPSA) is 136 Å². The lowest BCUT2D eigenvalue weighted by Gasteiger charge is -2.17. The van der Waals surface area contributed by atoms with E-state index in [0.29, 0.717) is 17.0 Å². The zero-order valence-electron chi connectivity index (χ0n) is 17.9. The minimum absolute atomic E-state index is 0.162. The van der Waals surface area contributed by atoms with Crippen LogP contribution >= 0.6 is 0 Å². The molecular weight excluding hydrogens is 444 g/mol. The number of rotatable bonds is 9. The molecule has 9 heteroatoms. The Morgan fingerprint density at radius 1 is 0.970 bits per heavy atom. The number of hydrogen-bond donors (Lipinski definition) is 3. The number of aliphatic carboxylic acids is 1. The molecule has 0 aliphatic rings. The van der Waals surface area contributed by atoms with Crippen molar-refractivity contribution in [3.8, 4) is 11.5 Å². The minimum Gasteiger partial charge on any atom is -0.481 e. The van der Waals surface area contributed by atoms with Crippen LogP contribution in [0, 0.1) is 0 Å². The van der Waals surface area contributed by atoms with E-state index in [1.54, 1.807) is 42.5 Å². The first-order valence-corrected chi connectivity index (χ1v) is 12.0. The van der Waals surface area contributed by atoms with Gasteiger partial charge < -0.3 is 20.9 Å². The molecular formula is C24H24N2O6S. The molecule has 0 spiro atoms. The molecule has 0 aliphatic heterocycles. The SMILES string of the molecule is CS(=O)(=O)C(N)c1cc(CC(=O)O)ccc1Oc1ccc(CC(=O)Nc2ccccc2)cc1. The van der Waals surface area contributed by atoms with Crippen LogP contribution < -0.4 is 15.8 Å². The number of carboxylic acids is 1. The average molecular weight is 469 g/mol. The minimum atomic E-state index is -3.66. The highest BCUT2D eigenvalue weighted by Crippen LogP contribution is 2.32. The van der Waals surface area contributed by atoms with Crippen molar-refractivity contribution in [2.45, 2.75) is 18.2 Å². The highest BCUT2D eigenvalue weighted by molar-refractivity contribution is 7.90. The third-order valence-electron chi connectivity index (χ3n) is 4.77. The molecule has 4 N–H and O–H groups in total. The summed E-state index contributed by atoms with van der Waals surface area (Å²) in [5.41, 5.74) is 7.96. The van der Waals surface area contributed by atoms with E-state index in [2.05, 4.69) is 5.32 Å². The maximum Gasteiger partial charge on any atom is 0.307 e. The molecule has 1 atom stereocenters. The van der Waals surface area contributed by atoms with Crippen molar-refractivity contribution >= 4 is 27.4 Å². The van der Waals surface area contributed by atoms with E-state index < -0.39 is 21.2 Å². The summed E-state index contributed by atoms with van der Waals surface area (Å²) >= 11 is 0. The fourth-order valence-electron chi connectivity index (χ4n) is 3.14. The summed E-state index contributed by atoms with van der Waals surface area (Å²) in [5, 5.41) is 10.5. The summed E-state index contributed by atoms with van der Waals surface area (Å²) < 4.78 is 29.9. The highest BCUT2D eigenvalue weighted by Gasteiger charge is 2.23. The highest BCUT2D eigenvalue weighted by atomic mass is 32.2. The lowest BCUT2D eigenvalue weighted by atomic mass is 10.1. The molecule has 3 aromatic rings.